The average molecular weight is 359 g/mol. The fourth-order valence-corrected chi connectivity index (χ4v) is 4.41. The topological polar surface area (TPSA) is 41.6 Å². The molecule has 0 saturated carbocycles. The van der Waals surface area contributed by atoms with Crippen LogP contribution in [0.1, 0.15) is 57.9 Å². The highest BCUT2D eigenvalue weighted by molar-refractivity contribution is 5.76. The molecule has 4 nitrogen and oxygen atoms in total. The molecule has 0 radical (unpaired) electrons. The maximum Gasteiger partial charge on any atom is 0.220 e. The van der Waals surface area contributed by atoms with Gasteiger partial charge in [0.2, 0.25) is 5.91 Å². The van der Waals surface area contributed by atoms with E-state index in [1.165, 1.54) is 50.8 Å². The van der Waals surface area contributed by atoms with Crippen LogP contribution in [0.5, 0.6) is 5.75 Å². The van der Waals surface area contributed by atoms with Crippen LogP contribution in [0.15, 0.2) is 24.3 Å². The number of ether oxygens (including phenoxy) is 1. The van der Waals surface area contributed by atoms with E-state index in [1.807, 2.05) is 26.0 Å². The Bertz CT molecular complexity index is 568. The highest BCUT2D eigenvalue weighted by atomic mass is 16.5. The van der Waals surface area contributed by atoms with E-state index in [9.17, 15) is 4.79 Å². The van der Waals surface area contributed by atoms with Crippen molar-refractivity contribution in [2.45, 2.75) is 70.9 Å². The highest BCUT2D eigenvalue weighted by Gasteiger charge is 2.32. The zero-order valence-corrected chi connectivity index (χ0v) is 16.4. The van der Waals surface area contributed by atoms with Gasteiger partial charge in [0, 0.05) is 19.0 Å². The van der Waals surface area contributed by atoms with E-state index in [2.05, 4.69) is 22.3 Å². The quantitative estimate of drug-likeness (QED) is 0.806. The Labute approximate surface area is 158 Å². The Morgan fingerprint density at radius 3 is 2.69 bits per heavy atom. The van der Waals surface area contributed by atoms with Gasteiger partial charge in [-0.2, -0.15) is 0 Å². The number of nitrogens with zero attached hydrogens (tertiary/aromatic N) is 1. The van der Waals surface area contributed by atoms with Crippen molar-refractivity contribution < 1.29 is 9.53 Å². The summed E-state index contributed by atoms with van der Waals surface area (Å²) in [5, 5.41) is 3.20. The Balaban J connectivity index is 1.40. The van der Waals surface area contributed by atoms with E-state index < -0.39 is 0 Å². The largest absolute Gasteiger partial charge is 0.491 e. The van der Waals surface area contributed by atoms with Crippen LogP contribution in [0.4, 0.5) is 0 Å². The molecule has 2 aliphatic heterocycles. The monoisotopic (exact) mass is 358 g/mol. The summed E-state index contributed by atoms with van der Waals surface area (Å²) in [6.45, 7) is 7.41. The molecule has 0 bridgehead atoms. The molecule has 0 aliphatic carbocycles. The third-order valence-corrected chi connectivity index (χ3v) is 5.73. The molecule has 2 aliphatic rings. The van der Waals surface area contributed by atoms with Crippen LogP contribution in [0.25, 0.3) is 0 Å². The van der Waals surface area contributed by atoms with Crippen LogP contribution in [0.3, 0.4) is 0 Å². The third kappa shape index (κ3) is 5.47. The van der Waals surface area contributed by atoms with Gasteiger partial charge in [-0.25, -0.2) is 0 Å². The van der Waals surface area contributed by atoms with Gasteiger partial charge in [0.25, 0.3) is 0 Å². The molecule has 4 heteroatoms. The minimum absolute atomic E-state index is 0.181. The van der Waals surface area contributed by atoms with Crippen molar-refractivity contribution in [3.05, 3.63) is 29.8 Å². The summed E-state index contributed by atoms with van der Waals surface area (Å²) in [7, 11) is 0. The molecule has 1 aromatic carbocycles. The second-order valence-corrected chi connectivity index (χ2v) is 8.12. The lowest BCUT2D eigenvalue weighted by molar-refractivity contribution is -0.121. The number of benzene rings is 1. The molecule has 2 atom stereocenters. The number of hydrogen-bond donors (Lipinski definition) is 1. The first-order valence-electron chi connectivity index (χ1n) is 10.4. The Morgan fingerprint density at radius 2 is 1.92 bits per heavy atom. The maximum atomic E-state index is 12.3. The molecule has 3 rings (SSSR count). The first kappa shape index (κ1) is 19.2. The summed E-state index contributed by atoms with van der Waals surface area (Å²) in [6, 6.07) is 8.81. The fraction of sp³-hybridized carbons (Fsp3) is 0.682. The maximum absolute atomic E-state index is 12.3. The normalized spacial score (nSPS) is 23.5. The Hall–Kier alpha value is -1.55. The molecule has 2 fully saturated rings. The number of aryl methyl sites for hydroxylation is 1. The van der Waals surface area contributed by atoms with Gasteiger partial charge in [-0.05, 0) is 82.7 Å². The molecule has 2 saturated heterocycles. The van der Waals surface area contributed by atoms with E-state index in [1.54, 1.807) is 0 Å². The predicted molar refractivity (Wildman–Crippen MR) is 105 cm³/mol. The lowest BCUT2D eigenvalue weighted by Crippen LogP contribution is -2.51. The van der Waals surface area contributed by atoms with Gasteiger partial charge in [0.05, 0.1) is 6.10 Å². The van der Waals surface area contributed by atoms with Gasteiger partial charge in [-0.1, -0.05) is 18.6 Å². The van der Waals surface area contributed by atoms with Crippen molar-refractivity contribution in [1.29, 1.82) is 0 Å². The van der Waals surface area contributed by atoms with Crippen molar-refractivity contribution in [3.63, 3.8) is 0 Å². The summed E-state index contributed by atoms with van der Waals surface area (Å²) in [5.41, 5.74) is 1.19. The van der Waals surface area contributed by atoms with Crippen molar-refractivity contribution in [3.8, 4) is 5.75 Å². The van der Waals surface area contributed by atoms with Crippen molar-refractivity contribution in [1.82, 2.24) is 10.2 Å². The van der Waals surface area contributed by atoms with Crippen LogP contribution in [-0.2, 0) is 11.2 Å². The summed E-state index contributed by atoms with van der Waals surface area (Å²) >= 11 is 0. The summed E-state index contributed by atoms with van der Waals surface area (Å²) in [6.07, 6.45) is 8.08. The third-order valence-electron chi connectivity index (χ3n) is 5.73. The van der Waals surface area contributed by atoms with Crippen LogP contribution in [0.2, 0.25) is 0 Å². The van der Waals surface area contributed by atoms with Gasteiger partial charge in [0.15, 0.2) is 0 Å². The van der Waals surface area contributed by atoms with Gasteiger partial charge >= 0.3 is 0 Å². The molecule has 26 heavy (non-hydrogen) atoms. The molecule has 1 N–H and O–H groups in total. The molecular weight excluding hydrogens is 324 g/mol. The van der Waals surface area contributed by atoms with Crippen molar-refractivity contribution in [2.24, 2.45) is 5.92 Å². The molecule has 0 unspecified atom stereocenters. The standard InChI is InChI=1S/C22H34N2O2/c1-17(2)26-20-11-8-18(9-12-20)10-13-22(25)23-16-19-6-5-15-24-14-4-3-7-21(19)24/h8-9,11-12,17,19,21H,3-7,10,13-16H2,1-2H3,(H,23,25)/t19-,21+/m1/s1. The molecular formula is C22H34N2O2. The Morgan fingerprint density at radius 1 is 1.15 bits per heavy atom. The van der Waals surface area contributed by atoms with Gasteiger partial charge < -0.3 is 15.0 Å². The number of nitrogens with one attached hydrogen (secondary N) is 1. The minimum atomic E-state index is 0.181. The molecule has 0 aromatic heterocycles. The van der Waals surface area contributed by atoms with E-state index in [0.29, 0.717) is 18.4 Å². The number of rotatable bonds is 7. The van der Waals surface area contributed by atoms with Gasteiger partial charge in [0.1, 0.15) is 5.75 Å². The van der Waals surface area contributed by atoms with E-state index in [4.69, 9.17) is 4.74 Å². The Kier molecular flexibility index (Phi) is 6.95. The summed E-state index contributed by atoms with van der Waals surface area (Å²) in [4.78, 5) is 14.9. The lowest BCUT2D eigenvalue weighted by atomic mass is 9.83. The second-order valence-electron chi connectivity index (χ2n) is 8.12. The number of carbonyl (C=O) groups is 1. The number of piperidine rings is 2. The smallest absolute Gasteiger partial charge is 0.220 e. The average Bonchev–Trinajstić information content (AvgIpc) is 2.65. The number of hydrogen-bond acceptors (Lipinski definition) is 3. The van der Waals surface area contributed by atoms with Crippen molar-refractivity contribution >= 4 is 5.91 Å². The predicted octanol–water partition coefficient (Wildman–Crippen LogP) is 3.79. The zero-order chi connectivity index (χ0) is 18.4. The van der Waals surface area contributed by atoms with Crippen LogP contribution < -0.4 is 10.1 Å². The number of fused-ring (bicyclic) bond motifs is 1. The van der Waals surface area contributed by atoms with Crippen LogP contribution in [0, 0.1) is 5.92 Å². The highest BCUT2D eigenvalue weighted by Crippen LogP contribution is 2.30. The van der Waals surface area contributed by atoms with Crippen LogP contribution >= 0.6 is 0 Å². The fourth-order valence-electron chi connectivity index (χ4n) is 4.41. The number of carbonyl (C=O) groups excluding carboxylic acids is 1. The molecule has 1 aromatic rings. The molecule has 144 valence electrons. The lowest BCUT2D eigenvalue weighted by Gasteiger charge is -2.44. The van der Waals surface area contributed by atoms with Crippen molar-refractivity contribution in [2.75, 3.05) is 19.6 Å². The number of amides is 1. The minimum Gasteiger partial charge on any atom is -0.491 e. The van der Waals surface area contributed by atoms with E-state index in [-0.39, 0.29) is 12.0 Å². The first-order valence-corrected chi connectivity index (χ1v) is 10.4. The zero-order valence-electron chi connectivity index (χ0n) is 16.4. The molecule has 1 amide bonds. The summed E-state index contributed by atoms with van der Waals surface area (Å²) in [5.74, 6) is 1.71. The van der Waals surface area contributed by atoms with Crippen LogP contribution in [-0.4, -0.2) is 42.6 Å². The second kappa shape index (κ2) is 9.40. The van der Waals surface area contributed by atoms with E-state index in [0.717, 1.165) is 18.7 Å². The van der Waals surface area contributed by atoms with Gasteiger partial charge in [-0.15, -0.1) is 0 Å². The first-order chi connectivity index (χ1) is 12.6. The van der Waals surface area contributed by atoms with E-state index >= 15 is 0 Å². The summed E-state index contributed by atoms with van der Waals surface area (Å²) < 4.78 is 5.66. The molecule has 0 spiro atoms. The van der Waals surface area contributed by atoms with Gasteiger partial charge in [-0.3, -0.25) is 4.79 Å². The SMILES string of the molecule is CC(C)Oc1ccc(CCC(=O)NC[C@H]2CCCN3CCCC[C@@H]23)cc1. The molecule has 2 heterocycles.